The van der Waals surface area contributed by atoms with E-state index in [1.165, 1.54) is 0 Å². The molecule has 1 heterocycles. The lowest BCUT2D eigenvalue weighted by atomic mass is 9.64. The highest BCUT2D eigenvalue weighted by Crippen LogP contribution is 2.72. The Hall–Kier alpha value is -0.460. The van der Waals surface area contributed by atoms with E-state index >= 15 is 0 Å². The molecular weight excluding hydrogens is 372 g/mol. The minimum atomic E-state index is -0.606. The standard InChI is InChI=1S/C18H29BrN2O3/c1-16(2)17(3)5-6-18(16,13(19)14(17)22)15(23)20-7-4-8-21-9-11-24-12-10-21/h13H,4-12H2,1-3H3,(H,20,23)/p+1/t13-,17-,18+/m1/s1. The van der Waals surface area contributed by atoms with Gasteiger partial charge in [0.05, 0.1) is 30.0 Å². The van der Waals surface area contributed by atoms with Gasteiger partial charge in [0.1, 0.15) is 13.1 Å². The number of fused-ring (bicyclic) bond motifs is 2. The van der Waals surface area contributed by atoms with Crippen LogP contribution in [0.4, 0.5) is 0 Å². The number of ketones is 1. The van der Waals surface area contributed by atoms with E-state index in [1.54, 1.807) is 4.90 Å². The summed E-state index contributed by atoms with van der Waals surface area (Å²) in [5.41, 5.74) is -1.31. The number of nitrogens with one attached hydrogen (secondary N) is 2. The van der Waals surface area contributed by atoms with Crippen LogP contribution < -0.4 is 10.2 Å². The molecule has 0 radical (unpaired) electrons. The average Bonchev–Trinajstić information content (AvgIpc) is 2.84. The second-order valence-electron chi connectivity index (χ2n) is 8.38. The number of carbonyl (C=O) groups is 2. The molecule has 0 unspecified atom stereocenters. The van der Waals surface area contributed by atoms with Crippen molar-refractivity contribution in [2.24, 2.45) is 16.2 Å². The first-order valence-corrected chi connectivity index (χ1v) is 10.1. The van der Waals surface area contributed by atoms with Gasteiger partial charge >= 0.3 is 0 Å². The monoisotopic (exact) mass is 401 g/mol. The molecule has 2 saturated carbocycles. The quantitative estimate of drug-likeness (QED) is 0.522. The maximum Gasteiger partial charge on any atom is 0.228 e. The van der Waals surface area contributed by atoms with Crippen molar-refractivity contribution in [3.8, 4) is 0 Å². The van der Waals surface area contributed by atoms with Crippen molar-refractivity contribution in [2.75, 3.05) is 39.4 Å². The van der Waals surface area contributed by atoms with Crippen LogP contribution in [0, 0.1) is 16.2 Å². The van der Waals surface area contributed by atoms with Crippen LogP contribution in [0.15, 0.2) is 0 Å². The Bertz CT molecular complexity index is 532. The number of alkyl halides is 1. The molecule has 3 atom stereocenters. The molecule has 3 aliphatic rings. The first kappa shape index (κ1) is 18.3. The Morgan fingerprint density at radius 2 is 1.96 bits per heavy atom. The molecule has 136 valence electrons. The lowest BCUT2D eigenvalue weighted by Crippen LogP contribution is -3.14. The zero-order valence-corrected chi connectivity index (χ0v) is 16.6. The van der Waals surface area contributed by atoms with Gasteiger partial charge in [0, 0.05) is 18.4 Å². The van der Waals surface area contributed by atoms with Gasteiger partial charge < -0.3 is 15.0 Å². The summed E-state index contributed by atoms with van der Waals surface area (Å²) >= 11 is 3.57. The zero-order valence-electron chi connectivity index (χ0n) is 15.0. The van der Waals surface area contributed by atoms with Gasteiger partial charge in [-0.2, -0.15) is 0 Å². The fourth-order valence-corrected chi connectivity index (χ4v) is 6.58. The maximum atomic E-state index is 13.1. The number of Topliss-reactive ketones (excluding diaryl/α,β-unsaturated/α-hetero) is 1. The van der Waals surface area contributed by atoms with Gasteiger partial charge in [-0.15, -0.1) is 0 Å². The molecule has 3 rings (SSSR count). The normalized spacial score (nSPS) is 38.5. The van der Waals surface area contributed by atoms with Gasteiger partial charge in [0.15, 0.2) is 5.78 Å². The van der Waals surface area contributed by atoms with Crippen LogP contribution >= 0.6 is 15.9 Å². The number of morpholine rings is 1. The molecule has 0 aromatic heterocycles. The highest BCUT2D eigenvalue weighted by molar-refractivity contribution is 9.10. The number of hydrogen-bond acceptors (Lipinski definition) is 3. The van der Waals surface area contributed by atoms with Gasteiger partial charge in [-0.3, -0.25) is 9.59 Å². The second-order valence-corrected chi connectivity index (χ2v) is 9.29. The van der Waals surface area contributed by atoms with Crippen molar-refractivity contribution in [1.29, 1.82) is 0 Å². The van der Waals surface area contributed by atoms with Crippen molar-refractivity contribution in [3.63, 3.8) is 0 Å². The number of amides is 1. The molecule has 1 aliphatic heterocycles. The van der Waals surface area contributed by atoms with E-state index < -0.39 is 10.8 Å². The van der Waals surface area contributed by atoms with E-state index in [-0.39, 0.29) is 21.9 Å². The highest BCUT2D eigenvalue weighted by Gasteiger charge is 2.76. The van der Waals surface area contributed by atoms with Crippen molar-refractivity contribution >= 4 is 27.6 Å². The van der Waals surface area contributed by atoms with Crippen LogP contribution in [-0.2, 0) is 14.3 Å². The third-order valence-corrected chi connectivity index (χ3v) is 8.52. The molecule has 24 heavy (non-hydrogen) atoms. The van der Waals surface area contributed by atoms with Crippen molar-refractivity contribution in [2.45, 2.75) is 44.9 Å². The van der Waals surface area contributed by atoms with Gasteiger partial charge in [-0.1, -0.05) is 36.7 Å². The molecular formula is C18H30BrN2O3+. The summed E-state index contributed by atoms with van der Waals surface area (Å²) in [5, 5.41) is 3.14. The lowest BCUT2D eigenvalue weighted by molar-refractivity contribution is -0.908. The van der Waals surface area contributed by atoms with Gasteiger partial charge in [-0.25, -0.2) is 0 Å². The Kier molecular flexibility index (Phi) is 4.86. The minimum absolute atomic E-state index is 0.0564. The van der Waals surface area contributed by atoms with Crippen LogP contribution in [0.2, 0.25) is 0 Å². The summed E-state index contributed by atoms with van der Waals surface area (Å²) in [7, 11) is 0. The van der Waals surface area contributed by atoms with Gasteiger partial charge in [0.2, 0.25) is 5.91 Å². The number of hydrogen-bond donors (Lipinski definition) is 2. The zero-order chi connectivity index (χ0) is 17.6. The van der Waals surface area contributed by atoms with Crippen LogP contribution in [0.25, 0.3) is 0 Å². The summed E-state index contributed by atoms with van der Waals surface area (Å²) in [6.07, 6.45) is 2.57. The summed E-state index contributed by atoms with van der Waals surface area (Å²) in [5.74, 6) is 0.257. The van der Waals surface area contributed by atoms with Crippen molar-refractivity contribution in [1.82, 2.24) is 5.32 Å². The SMILES string of the molecule is CC1(C)[C@]2(C)CC[C@@]1(C(=O)NCCC[NH+]1CCOCC1)[C@H](Br)C2=O. The predicted octanol–water partition coefficient (Wildman–Crippen LogP) is 0.567. The van der Waals surface area contributed by atoms with E-state index in [4.69, 9.17) is 4.74 Å². The summed E-state index contributed by atoms with van der Waals surface area (Å²) in [6, 6.07) is 0. The molecule has 0 aromatic rings. The molecule has 3 fully saturated rings. The summed E-state index contributed by atoms with van der Waals surface area (Å²) < 4.78 is 5.37. The molecule has 2 bridgehead atoms. The fraction of sp³-hybridized carbons (Fsp3) is 0.889. The van der Waals surface area contributed by atoms with E-state index in [1.807, 2.05) is 6.92 Å². The molecule has 0 aromatic carbocycles. The van der Waals surface area contributed by atoms with Crippen LogP contribution in [0.3, 0.4) is 0 Å². The topological polar surface area (TPSA) is 59.8 Å². The van der Waals surface area contributed by atoms with Crippen molar-refractivity contribution in [3.05, 3.63) is 0 Å². The Morgan fingerprint density at radius 1 is 1.29 bits per heavy atom. The molecule has 5 nitrogen and oxygen atoms in total. The Balaban J connectivity index is 1.59. The molecule has 2 N–H and O–H groups in total. The third kappa shape index (κ3) is 2.40. The van der Waals surface area contributed by atoms with Crippen LogP contribution in [0.1, 0.15) is 40.0 Å². The molecule has 6 heteroatoms. The second kappa shape index (κ2) is 6.36. The van der Waals surface area contributed by atoms with Gasteiger partial charge in [-0.05, 0) is 18.3 Å². The smallest absolute Gasteiger partial charge is 0.228 e. The lowest BCUT2D eigenvalue weighted by Gasteiger charge is -2.39. The predicted molar refractivity (Wildman–Crippen MR) is 95.3 cm³/mol. The summed E-state index contributed by atoms with van der Waals surface area (Å²) in [6.45, 7) is 11.8. The Morgan fingerprint density at radius 3 is 2.54 bits per heavy atom. The number of quaternary nitrogens is 1. The largest absolute Gasteiger partial charge is 0.370 e. The average molecular weight is 402 g/mol. The molecule has 1 amide bonds. The van der Waals surface area contributed by atoms with Crippen molar-refractivity contribution < 1.29 is 19.2 Å². The van der Waals surface area contributed by atoms with E-state index in [9.17, 15) is 9.59 Å². The molecule has 2 aliphatic carbocycles. The van der Waals surface area contributed by atoms with E-state index in [2.05, 4.69) is 35.1 Å². The molecule has 0 spiro atoms. The summed E-state index contributed by atoms with van der Waals surface area (Å²) in [4.78, 5) is 27.0. The number of rotatable bonds is 5. The minimum Gasteiger partial charge on any atom is -0.370 e. The number of ether oxygens (including phenoxy) is 1. The highest BCUT2D eigenvalue weighted by atomic mass is 79.9. The van der Waals surface area contributed by atoms with Gasteiger partial charge in [0.25, 0.3) is 0 Å². The fourth-order valence-electron chi connectivity index (χ4n) is 5.06. The van der Waals surface area contributed by atoms with Crippen LogP contribution in [0.5, 0.6) is 0 Å². The number of carbonyl (C=O) groups excluding carboxylic acids is 2. The Labute approximate surface area is 153 Å². The third-order valence-electron chi connectivity index (χ3n) is 7.32. The van der Waals surface area contributed by atoms with E-state index in [0.29, 0.717) is 6.54 Å². The number of halogens is 1. The first-order chi connectivity index (χ1) is 11.3. The molecule has 1 saturated heterocycles. The first-order valence-electron chi connectivity index (χ1n) is 9.15. The van der Waals surface area contributed by atoms with Crippen LogP contribution in [-0.4, -0.2) is 55.9 Å². The van der Waals surface area contributed by atoms with E-state index in [0.717, 1.165) is 52.1 Å². The maximum absolute atomic E-state index is 13.1.